The number of carbonyl (C=O) groups is 1. The SMILES string of the molecule is Cl.O=C(O)O.[PbH2]. The molecule has 0 aromatic heterocycles. The van der Waals surface area contributed by atoms with Crippen molar-refractivity contribution in [2.75, 3.05) is 0 Å². The zero-order valence-electron chi connectivity index (χ0n) is 2.92. The summed E-state index contributed by atoms with van der Waals surface area (Å²) in [5.41, 5.74) is 0. The van der Waals surface area contributed by atoms with Gasteiger partial charge in [-0.15, -0.1) is 12.4 Å². The molecule has 6 heavy (non-hydrogen) atoms. The van der Waals surface area contributed by atoms with Gasteiger partial charge in [0.25, 0.3) is 0 Å². The summed E-state index contributed by atoms with van der Waals surface area (Å²) in [6, 6.07) is 0. The molecule has 0 aliphatic carbocycles. The number of hydrogen-bond acceptors (Lipinski definition) is 1. The topological polar surface area (TPSA) is 57.5 Å². The summed E-state index contributed by atoms with van der Waals surface area (Å²) < 4.78 is 0. The fourth-order valence-electron chi connectivity index (χ4n) is 0. The molecular formula is CH5ClO3Pb. The Hall–Kier alpha value is 0.482. The Morgan fingerprint density at radius 2 is 1.33 bits per heavy atom. The summed E-state index contributed by atoms with van der Waals surface area (Å²) >= 11 is 0. The quantitative estimate of drug-likeness (QED) is 0.606. The van der Waals surface area contributed by atoms with E-state index < -0.39 is 6.16 Å². The second-order valence-electron chi connectivity index (χ2n) is 0.283. The van der Waals surface area contributed by atoms with Crippen LogP contribution < -0.4 is 0 Å². The normalized spacial score (nSPS) is 4.00. The van der Waals surface area contributed by atoms with Crippen molar-refractivity contribution >= 4 is 45.9 Å². The molecule has 0 saturated heterocycles. The zero-order valence-corrected chi connectivity index (χ0v) is 9.23. The van der Waals surface area contributed by atoms with Crippen molar-refractivity contribution in [2.45, 2.75) is 0 Å². The van der Waals surface area contributed by atoms with Crippen LogP contribution in [0.3, 0.4) is 0 Å². The first kappa shape index (κ1) is 16.1. The first-order valence-electron chi connectivity index (χ1n) is 0.651. The molecule has 2 radical (unpaired) electrons. The van der Waals surface area contributed by atoms with Crippen LogP contribution in [0, 0.1) is 0 Å². The summed E-state index contributed by atoms with van der Waals surface area (Å²) in [6.45, 7) is 0. The van der Waals surface area contributed by atoms with Crippen LogP contribution in [0.2, 0.25) is 0 Å². The molecule has 0 spiro atoms. The molecule has 3 nitrogen and oxygen atoms in total. The Morgan fingerprint density at radius 3 is 1.33 bits per heavy atom. The van der Waals surface area contributed by atoms with E-state index in [1.165, 1.54) is 0 Å². The van der Waals surface area contributed by atoms with E-state index in [1.54, 1.807) is 0 Å². The van der Waals surface area contributed by atoms with Crippen molar-refractivity contribution in [3.05, 3.63) is 0 Å². The molecule has 0 atom stereocenters. The van der Waals surface area contributed by atoms with E-state index in [9.17, 15) is 0 Å². The second-order valence-corrected chi connectivity index (χ2v) is 0.283. The first-order chi connectivity index (χ1) is 1.73. The molecule has 0 unspecified atom stereocenters. The summed E-state index contributed by atoms with van der Waals surface area (Å²) in [5, 5.41) is 13.9. The maximum atomic E-state index is 8.56. The molecule has 0 bridgehead atoms. The number of hydrogen-bond donors (Lipinski definition) is 2. The average Bonchev–Trinajstić information content (AvgIpc) is 0.811. The Bertz CT molecular complexity index is 33.8. The molecule has 0 amide bonds. The van der Waals surface area contributed by atoms with Crippen LogP contribution in [-0.4, -0.2) is 43.7 Å². The molecule has 0 rings (SSSR count). The van der Waals surface area contributed by atoms with Gasteiger partial charge in [0.05, 0.1) is 0 Å². The molecule has 0 aromatic rings. The fourth-order valence-corrected chi connectivity index (χ4v) is 0. The van der Waals surface area contributed by atoms with Gasteiger partial charge in [0, 0.05) is 0 Å². The van der Waals surface area contributed by atoms with Crippen LogP contribution in [-0.2, 0) is 0 Å². The van der Waals surface area contributed by atoms with Crippen molar-refractivity contribution in [3.8, 4) is 0 Å². The van der Waals surface area contributed by atoms with Crippen molar-refractivity contribution in [2.24, 2.45) is 0 Å². The van der Waals surface area contributed by atoms with Crippen LogP contribution in [0.25, 0.3) is 0 Å². The van der Waals surface area contributed by atoms with Gasteiger partial charge in [0.2, 0.25) is 0 Å². The number of halogens is 1. The minimum absolute atomic E-state index is 0. The van der Waals surface area contributed by atoms with E-state index in [0.717, 1.165) is 0 Å². The van der Waals surface area contributed by atoms with Crippen LogP contribution in [0.15, 0.2) is 0 Å². The van der Waals surface area contributed by atoms with Crippen molar-refractivity contribution in [3.63, 3.8) is 0 Å². The number of rotatable bonds is 0. The van der Waals surface area contributed by atoms with E-state index in [1.807, 2.05) is 0 Å². The van der Waals surface area contributed by atoms with Crippen LogP contribution in [0.4, 0.5) is 4.79 Å². The summed E-state index contributed by atoms with van der Waals surface area (Å²) in [4.78, 5) is 8.56. The minimum atomic E-state index is -1.83. The Labute approximate surface area is 60.9 Å². The monoisotopic (exact) mass is 308 g/mol. The second kappa shape index (κ2) is 9.08. The molecule has 0 aliphatic heterocycles. The zero-order chi connectivity index (χ0) is 3.58. The molecule has 0 aromatic carbocycles. The molecule has 0 fully saturated rings. The molecular weight excluding hydrogens is 303 g/mol. The fraction of sp³-hybridized carbons (Fsp3) is 0. The van der Waals surface area contributed by atoms with Gasteiger partial charge >= 0.3 is 33.5 Å². The van der Waals surface area contributed by atoms with Crippen LogP contribution in [0.1, 0.15) is 0 Å². The Morgan fingerprint density at radius 1 is 1.33 bits per heavy atom. The molecule has 5 heteroatoms. The third kappa shape index (κ3) is 234. The van der Waals surface area contributed by atoms with E-state index >= 15 is 0 Å². The van der Waals surface area contributed by atoms with Gasteiger partial charge in [-0.25, -0.2) is 4.79 Å². The molecule has 0 saturated carbocycles. The van der Waals surface area contributed by atoms with Crippen LogP contribution >= 0.6 is 12.4 Å². The third-order valence-corrected chi connectivity index (χ3v) is 0. The van der Waals surface area contributed by atoms with Gasteiger partial charge in [-0.3, -0.25) is 0 Å². The van der Waals surface area contributed by atoms with E-state index in [4.69, 9.17) is 15.0 Å². The van der Waals surface area contributed by atoms with E-state index in [-0.39, 0.29) is 39.7 Å². The first-order valence-corrected chi connectivity index (χ1v) is 0.651. The molecule has 0 heterocycles. The van der Waals surface area contributed by atoms with Crippen LogP contribution in [0.5, 0.6) is 0 Å². The van der Waals surface area contributed by atoms with Gasteiger partial charge < -0.3 is 10.2 Å². The van der Waals surface area contributed by atoms with E-state index in [2.05, 4.69) is 0 Å². The van der Waals surface area contributed by atoms with Crippen molar-refractivity contribution < 1.29 is 15.0 Å². The maximum absolute atomic E-state index is 8.56. The summed E-state index contributed by atoms with van der Waals surface area (Å²) in [5.74, 6) is 0. The number of carboxylic acid groups (broad SMARTS) is 2. The molecule has 38 valence electrons. The molecule has 0 aliphatic rings. The predicted molar refractivity (Wildman–Crippen MR) is 26.4 cm³/mol. The average molecular weight is 308 g/mol. The Balaban J connectivity index is -0.0000000450. The van der Waals surface area contributed by atoms with Gasteiger partial charge in [-0.1, -0.05) is 0 Å². The predicted octanol–water partition coefficient (Wildman–Crippen LogP) is -0.272. The van der Waals surface area contributed by atoms with Crippen molar-refractivity contribution in [1.29, 1.82) is 0 Å². The van der Waals surface area contributed by atoms with E-state index in [0.29, 0.717) is 0 Å². The van der Waals surface area contributed by atoms with Crippen molar-refractivity contribution in [1.82, 2.24) is 0 Å². The summed E-state index contributed by atoms with van der Waals surface area (Å²) in [7, 11) is 0. The Kier molecular flexibility index (Phi) is 24.3. The van der Waals surface area contributed by atoms with Gasteiger partial charge in [-0.2, -0.15) is 0 Å². The third-order valence-electron chi connectivity index (χ3n) is 0. The molecule has 2 N–H and O–H groups in total. The van der Waals surface area contributed by atoms with Gasteiger partial charge in [-0.05, 0) is 0 Å². The van der Waals surface area contributed by atoms with Gasteiger partial charge in [0.15, 0.2) is 0 Å². The standard InChI is InChI=1S/CH2O3.ClH.Pb.2H/c2-1(3)4;;;;/h(H2,2,3,4);1H;;;. The van der Waals surface area contributed by atoms with Gasteiger partial charge in [0.1, 0.15) is 0 Å². The summed E-state index contributed by atoms with van der Waals surface area (Å²) in [6.07, 6.45) is -1.83.